The molecule has 0 aromatic carbocycles. The van der Waals surface area contributed by atoms with Gasteiger partial charge in [-0.05, 0) is 32.1 Å². The molecule has 1 aliphatic rings. The van der Waals surface area contributed by atoms with Crippen LogP contribution in [0.2, 0.25) is 0 Å². The highest BCUT2D eigenvalue weighted by molar-refractivity contribution is 7.80. The fourth-order valence-electron chi connectivity index (χ4n) is 2.10. The van der Waals surface area contributed by atoms with Gasteiger partial charge in [-0.25, -0.2) is 4.79 Å². The first-order valence-corrected chi connectivity index (χ1v) is 6.46. The van der Waals surface area contributed by atoms with Crippen LogP contribution in [0, 0.1) is 17.2 Å². The van der Waals surface area contributed by atoms with Crippen LogP contribution in [0.5, 0.6) is 0 Å². The lowest BCUT2D eigenvalue weighted by atomic mass is 9.78. The van der Waals surface area contributed by atoms with E-state index in [0.717, 1.165) is 12.7 Å². The number of hydrogen-bond donors (Lipinski definition) is 2. The average molecular weight is 309 g/mol. The standard InChI is InChI=1S/C13H15N3O4S/c1-7(2)4-8(17)5-13(11(19)20-3)9(6-14)10(18)15-12(21)16-13/h4,9H,5H2,1-3H3,(H2,15,16,18,21)/t9-,13-/m1/s1. The van der Waals surface area contributed by atoms with E-state index in [0.29, 0.717) is 0 Å². The van der Waals surface area contributed by atoms with Gasteiger partial charge in [-0.3, -0.25) is 9.59 Å². The number of nitrogens with zero attached hydrogens (tertiary/aromatic N) is 1. The van der Waals surface area contributed by atoms with Gasteiger partial charge in [0.15, 0.2) is 22.4 Å². The van der Waals surface area contributed by atoms with Crippen molar-refractivity contribution in [1.82, 2.24) is 10.6 Å². The molecule has 0 unspecified atom stereocenters. The number of allylic oxidation sites excluding steroid dienone is 2. The molecule has 7 nitrogen and oxygen atoms in total. The van der Waals surface area contributed by atoms with Crippen molar-refractivity contribution in [1.29, 1.82) is 5.26 Å². The minimum atomic E-state index is -1.81. The van der Waals surface area contributed by atoms with Crippen LogP contribution < -0.4 is 10.6 Å². The van der Waals surface area contributed by atoms with E-state index in [1.807, 2.05) is 0 Å². The summed E-state index contributed by atoms with van der Waals surface area (Å²) in [6.45, 7) is 3.44. The molecule has 1 rings (SSSR count). The Morgan fingerprint density at radius 1 is 1.52 bits per heavy atom. The maximum absolute atomic E-state index is 12.1. The molecule has 0 aliphatic carbocycles. The minimum Gasteiger partial charge on any atom is -0.467 e. The van der Waals surface area contributed by atoms with E-state index < -0.39 is 35.5 Å². The van der Waals surface area contributed by atoms with Gasteiger partial charge in [-0.15, -0.1) is 0 Å². The first kappa shape index (κ1) is 16.8. The summed E-state index contributed by atoms with van der Waals surface area (Å²) in [5.41, 5.74) is -1.08. The third kappa shape index (κ3) is 3.44. The van der Waals surface area contributed by atoms with Crippen molar-refractivity contribution in [2.75, 3.05) is 7.11 Å². The molecule has 1 saturated heterocycles. The zero-order chi connectivity index (χ0) is 16.2. The molecule has 0 spiro atoms. The van der Waals surface area contributed by atoms with E-state index >= 15 is 0 Å². The first-order valence-electron chi connectivity index (χ1n) is 6.05. The summed E-state index contributed by atoms with van der Waals surface area (Å²) in [6, 6.07) is 1.73. The minimum absolute atomic E-state index is 0.123. The molecule has 1 aliphatic heterocycles. The number of rotatable bonds is 4. The lowest BCUT2D eigenvalue weighted by molar-refractivity contribution is -0.154. The summed E-state index contributed by atoms with van der Waals surface area (Å²) >= 11 is 4.85. The average Bonchev–Trinajstić information content (AvgIpc) is 2.35. The molecule has 0 bridgehead atoms. The van der Waals surface area contributed by atoms with E-state index in [9.17, 15) is 19.6 Å². The lowest BCUT2D eigenvalue weighted by Crippen LogP contribution is -2.70. The Bertz CT molecular complexity index is 574. The SMILES string of the molecule is COC(=O)[C@]1(CC(=O)C=C(C)C)NC(=S)NC(=O)[C@H]1C#N. The van der Waals surface area contributed by atoms with Crippen LogP contribution in [-0.2, 0) is 19.1 Å². The molecule has 0 radical (unpaired) electrons. The summed E-state index contributed by atoms with van der Waals surface area (Å²) in [4.78, 5) is 36.0. The van der Waals surface area contributed by atoms with E-state index in [-0.39, 0.29) is 5.11 Å². The number of carbonyl (C=O) groups is 3. The Morgan fingerprint density at radius 3 is 2.62 bits per heavy atom. The molecule has 8 heteroatoms. The summed E-state index contributed by atoms with van der Waals surface area (Å²) in [6.07, 6.45) is 0.924. The van der Waals surface area contributed by atoms with Crippen LogP contribution in [0.15, 0.2) is 11.6 Å². The predicted molar refractivity (Wildman–Crippen MR) is 76.8 cm³/mol. The Labute approximate surface area is 127 Å². The Morgan fingerprint density at radius 2 is 2.14 bits per heavy atom. The van der Waals surface area contributed by atoms with Gasteiger partial charge in [-0.1, -0.05) is 5.57 Å². The normalized spacial score (nSPS) is 24.2. The summed E-state index contributed by atoms with van der Waals surface area (Å²) in [5, 5.41) is 13.9. The number of esters is 1. The van der Waals surface area contributed by atoms with Crippen molar-refractivity contribution >= 4 is 35.0 Å². The zero-order valence-corrected chi connectivity index (χ0v) is 12.7. The Kier molecular flexibility index (Phi) is 5.16. The first-order chi connectivity index (χ1) is 9.76. The smallest absolute Gasteiger partial charge is 0.334 e. The second-order valence-electron chi connectivity index (χ2n) is 4.83. The van der Waals surface area contributed by atoms with Crippen LogP contribution >= 0.6 is 12.2 Å². The molecule has 1 heterocycles. The number of nitrogens with one attached hydrogen (secondary N) is 2. The second-order valence-corrected chi connectivity index (χ2v) is 5.24. The van der Waals surface area contributed by atoms with Gasteiger partial charge in [0.1, 0.15) is 0 Å². The molecule has 0 saturated carbocycles. The quantitative estimate of drug-likeness (QED) is 0.426. The van der Waals surface area contributed by atoms with Gasteiger partial charge in [0.2, 0.25) is 5.91 Å². The van der Waals surface area contributed by atoms with Crippen molar-refractivity contribution in [2.24, 2.45) is 5.92 Å². The predicted octanol–water partition coefficient (Wildman–Crippen LogP) is -0.0323. The fourth-order valence-corrected chi connectivity index (χ4v) is 2.38. The van der Waals surface area contributed by atoms with Crippen LogP contribution in [0.4, 0.5) is 0 Å². The third-order valence-corrected chi connectivity index (χ3v) is 3.11. The van der Waals surface area contributed by atoms with E-state index in [2.05, 4.69) is 15.4 Å². The van der Waals surface area contributed by atoms with Crippen molar-refractivity contribution in [2.45, 2.75) is 25.8 Å². The summed E-state index contributed by atoms with van der Waals surface area (Å²) < 4.78 is 4.66. The van der Waals surface area contributed by atoms with Crippen molar-refractivity contribution in [3.8, 4) is 6.07 Å². The maximum Gasteiger partial charge on any atom is 0.334 e. The Hall–Kier alpha value is -2.27. The van der Waals surface area contributed by atoms with Gasteiger partial charge in [0.25, 0.3) is 0 Å². The number of thiocarbonyl (C=S) groups is 1. The maximum atomic E-state index is 12.1. The van der Waals surface area contributed by atoms with Gasteiger partial charge in [0.05, 0.1) is 13.2 Å². The van der Waals surface area contributed by atoms with E-state index in [4.69, 9.17) is 12.2 Å². The molecular weight excluding hydrogens is 294 g/mol. The highest BCUT2D eigenvalue weighted by Gasteiger charge is 2.55. The third-order valence-electron chi connectivity index (χ3n) is 2.91. The van der Waals surface area contributed by atoms with Gasteiger partial charge in [0, 0.05) is 6.42 Å². The van der Waals surface area contributed by atoms with Crippen LogP contribution in [-0.4, -0.2) is 35.4 Å². The van der Waals surface area contributed by atoms with Crippen LogP contribution in [0.1, 0.15) is 20.3 Å². The molecule has 21 heavy (non-hydrogen) atoms. The number of hydrogen-bond acceptors (Lipinski definition) is 6. The molecule has 2 atom stereocenters. The number of methoxy groups -OCH3 is 1. The molecular formula is C13H15N3O4S. The summed E-state index contributed by atoms with van der Waals surface area (Å²) in [7, 11) is 1.11. The molecule has 112 valence electrons. The van der Waals surface area contributed by atoms with Gasteiger partial charge >= 0.3 is 5.97 Å². The van der Waals surface area contributed by atoms with E-state index in [1.54, 1.807) is 19.9 Å². The number of amides is 1. The molecule has 1 fully saturated rings. The molecule has 0 aromatic heterocycles. The zero-order valence-electron chi connectivity index (χ0n) is 11.9. The molecule has 2 N–H and O–H groups in total. The molecule has 1 amide bonds. The fraction of sp³-hybridized carbons (Fsp3) is 0.462. The van der Waals surface area contributed by atoms with Crippen molar-refractivity contribution < 1.29 is 19.1 Å². The summed E-state index contributed by atoms with van der Waals surface area (Å²) in [5.74, 6) is -3.46. The number of ketones is 1. The molecule has 0 aromatic rings. The van der Waals surface area contributed by atoms with Gasteiger partial charge < -0.3 is 15.4 Å². The number of ether oxygens (including phenoxy) is 1. The number of carbonyl (C=O) groups excluding carboxylic acids is 3. The van der Waals surface area contributed by atoms with Crippen LogP contribution in [0.3, 0.4) is 0 Å². The van der Waals surface area contributed by atoms with Crippen LogP contribution in [0.25, 0.3) is 0 Å². The highest BCUT2D eigenvalue weighted by Crippen LogP contribution is 2.27. The second kappa shape index (κ2) is 6.45. The monoisotopic (exact) mass is 309 g/mol. The topological polar surface area (TPSA) is 108 Å². The lowest BCUT2D eigenvalue weighted by Gasteiger charge is -2.38. The van der Waals surface area contributed by atoms with Gasteiger partial charge in [-0.2, -0.15) is 5.26 Å². The largest absolute Gasteiger partial charge is 0.467 e. The van der Waals surface area contributed by atoms with Crippen molar-refractivity contribution in [3.05, 3.63) is 11.6 Å². The number of nitriles is 1. The van der Waals surface area contributed by atoms with Crippen molar-refractivity contribution in [3.63, 3.8) is 0 Å². The Balaban J connectivity index is 3.30. The highest BCUT2D eigenvalue weighted by atomic mass is 32.1. The van der Waals surface area contributed by atoms with E-state index in [1.165, 1.54) is 6.08 Å².